The summed E-state index contributed by atoms with van der Waals surface area (Å²) in [5.41, 5.74) is -1.18. The van der Waals surface area contributed by atoms with Gasteiger partial charge in [-0.1, -0.05) is 60.1 Å². The Morgan fingerprint density at radius 1 is 0.725 bits per heavy atom. The molecule has 0 aromatic rings. The molecule has 0 spiro atoms. The Morgan fingerprint density at radius 3 is 2.01 bits per heavy atom. The van der Waals surface area contributed by atoms with Crippen molar-refractivity contribution in [1.29, 1.82) is 0 Å². The highest BCUT2D eigenvalue weighted by Gasteiger charge is 2.70. The maximum Gasteiger partial charge on any atom is 0.315 e. The van der Waals surface area contributed by atoms with Crippen LogP contribution < -0.4 is 0 Å². The predicted molar refractivity (Wildman–Crippen MR) is 237 cm³/mol. The van der Waals surface area contributed by atoms with E-state index < -0.39 is 139 Å². The Labute approximate surface area is 404 Å². The number of hydrogen-bond donors (Lipinski definition) is 9. The molecule has 4 saturated carbocycles. The zero-order valence-corrected chi connectivity index (χ0v) is 41.8. The Balaban J connectivity index is 0.976. The Bertz CT molecular complexity index is 2030. The van der Waals surface area contributed by atoms with E-state index in [1.165, 1.54) is 12.5 Å². The van der Waals surface area contributed by atoms with Gasteiger partial charge < -0.3 is 78.9 Å². The molecule has 69 heavy (non-hydrogen) atoms. The zero-order chi connectivity index (χ0) is 50.8. The van der Waals surface area contributed by atoms with Crippen molar-refractivity contribution in [1.82, 2.24) is 0 Å². The number of esters is 1. The number of ether oxygens (including phenoxy) is 6. The van der Waals surface area contributed by atoms with Gasteiger partial charge in [-0.25, -0.2) is 8.42 Å². The molecule has 7 fully saturated rings. The predicted octanol–water partition coefficient (Wildman–Crippen LogP) is 0.653. The van der Waals surface area contributed by atoms with Gasteiger partial charge in [0.1, 0.15) is 67.1 Å². The largest absolute Gasteiger partial charge is 0.726 e. The van der Waals surface area contributed by atoms with Crippen LogP contribution in [-0.4, -0.2) is 176 Å². The van der Waals surface area contributed by atoms with Gasteiger partial charge in [0.25, 0.3) is 0 Å². The molecule has 396 valence electrons. The molecule has 3 saturated heterocycles. The van der Waals surface area contributed by atoms with Crippen molar-refractivity contribution in [2.75, 3.05) is 13.2 Å². The van der Waals surface area contributed by atoms with E-state index >= 15 is 0 Å². The summed E-state index contributed by atoms with van der Waals surface area (Å²) < 4.78 is 75.3. The normalized spacial score (nSPS) is 51.7. The van der Waals surface area contributed by atoms with E-state index in [1.807, 2.05) is 13.8 Å². The van der Waals surface area contributed by atoms with Crippen LogP contribution in [0.3, 0.4) is 0 Å². The van der Waals surface area contributed by atoms with Crippen molar-refractivity contribution in [3.05, 3.63) is 11.6 Å². The number of hydrogen-bond acceptors (Lipinski definition) is 20. The highest BCUT2D eigenvalue weighted by Crippen LogP contribution is 2.76. The van der Waals surface area contributed by atoms with Gasteiger partial charge in [0.05, 0.1) is 30.8 Å². The molecule has 20 nitrogen and oxygen atoms in total. The molecule has 3 aliphatic heterocycles. The van der Waals surface area contributed by atoms with Crippen LogP contribution in [-0.2, 0) is 47.8 Å². The van der Waals surface area contributed by atoms with Crippen LogP contribution >= 0.6 is 0 Å². The summed E-state index contributed by atoms with van der Waals surface area (Å²) in [6.07, 6.45) is -16.1. The van der Waals surface area contributed by atoms with Crippen LogP contribution in [0, 0.1) is 50.2 Å². The molecule has 8 rings (SSSR count). The Kier molecular flexibility index (Phi) is 14.6. The lowest BCUT2D eigenvalue weighted by Crippen LogP contribution is -2.65. The van der Waals surface area contributed by atoms with Crippen molar-refractivity contribution < 1.29 is 96.3 Å². The summed E-state index contributed by atoms with van der Waals surface area (Å²) in [5.74, 6) is -0.497. The molecule has 9 N–H and O–H groups in total. The van der Waals surface area contributed by atoms with Gasteiger partial charge >= 0.3 is 5.97 Å². The molecule has 21 heteroatoms. The zero-order valence-electron chi connectivity index (χ0n) is 41.0. The quantitative estimate of drug-likeness (QED) is 0.0628. The monoisotopic (exact) mass is 1010 g/mol. The van der Waals surface area contributed by atoms with Gasteiger partial charge in [-0.3, -0.25) is 8.98 Å². The second-order valence-corrected chi connectivity index (χ2v) is 25.0. The molecule has 8 aliphatic rings. The fourth-order valence-corrected chi connectivity index (χ4v) is 15.7. The first-order valence-electron chi connectivity index (χ1n) is 24.8. The van der Waals surface area contributed by atoms with E-state index in [2.05, 4.69) is 40.7 Å². The van der Waals surface area contributed by atoms with Crippen LogP contribution in [0.4, 0.5) is 0 Å². The lowest BCUT2D eigenvalue weighted by Gasteiger charge is -2.71. The molecule has 0 amide bonds. The molecule has 0 radical (unpaired) electrons. The van der Waals surface area contributed by atoms with Gasteiger partial charge in [0.15, 0.2) is 12.6 Å². The molecule has 23 atom stereocenters. The number of rotatable bonds is 10. The average molecular weight is 1010 g/mol. The van der Waals surface area contributed by atoms with Crippen molar-refractivity contribution in [2.24, 2.45) is 50.2 Å². The second-order valence-electron chi connectivity index (χ2n) is 24.0. The SMILES string of the molecule is C[C@@H]1O[C@@H](O[C@H]2[C@H](O)[C@@H](O)[C@H](OC[C@H]3O[C@@H](OC(=O)[C@]45CCC(C)(C)C[C@H]4C4=CC[C@@H]6[C@@]7(C)CC[C@H](OS(=O)(=O)[O-])C(C)(C)[C@@H]7CC[C@@]6(C)[C@]4(C)CC5)[C@H](O)[C@@H](O)[C@@H]3O)O[C@@H]2CO)[C@H](O)[C@H](O)[C@H]1O. The molecular weight excluding hydrogens is 929 g/mol. The first-order chi connectivity index (χ1) is 32.0. The van der Waals surface area contributed by atoms with Gasteiger partial charge in [-0.15, -0.1) is 0 Å². The van der Waals surface area contributed by atoms with Crippen molar-refractivity contribution >= 4 is 16.4 Å². The maximum absolute atomic E-state index is 15.0. The van der Waals surface area contributed by atoms with E-state index in [0.717, 1.165) is 25.7 Å². The minimum Gasteiger partial charge on any atom is -0.726 e. The molecule has 0 bridgehead atoms. The molecule has 0 unspecified atom stereocenters. The average Bonchev–Trinajstić information content (AvgIpc) is 3.27. The fourth-order valence-electron chi connectivity index (χ4n) is 15.1. The van der Waals surface area contributed by atoms with Crippen LogP contribution in [0.1, 0.15) is 120 Å². The number of aliphatic hydroxyl groups excluding tert-OH is 9. The number of carbonyl (C=O) groups is 1. The van der Waals surface area contributed by atoms with E-state index in [0.29, 0.717) is 38.5 Å². The molecule has 3 heterocycles. The molecule has 0 aromatic heterocycles. The van der Waals surface area contributed by atoms with Crippen LogP contribution in [0.2, 0.25) is 0 Å². The summed E-state index contributed by atoms with van der Waals surface area (Å²) in [6.45, 7) is 15.5. The standard InChI is InChI=1S/C48H78O20S/c1-22-30(50)32(52)35(55)40(63-22)66-38-25(20-49)64-39(37(57)34(38)54)62-21-26-31(51)33(53)36(56)41(65-26)67-42(58)48-17-15-43(2,3)19-24(48)23-9-10-28-45(6)13-12-29(68-69(59,60)61)44(4,5)27(45)11-14-47(28,8)46(23,7)16-18-48/h9,22,24-41,49-57H,10-21H2,1-8H3,(H,59,60,61)/p-1/t22-,24-,25+,26+,27-,28+,29-,30-,31+,32+,33-,34+,35+,36+,37+,38+,39+,40-,41-,45-,46+,47+,48-/m0/s1. The number of allylic oxidation sites excluding steroid dienone is 2. The summed E-state index contributed by atoms with van der Waals surface area (Å²) in [4.78, 5) is 15.0. The number of aliphatic hydroxyl groups is 9. The van der Waals surface area contributed by atoms with Crippen molar-refractivity contribution in [2.45, 2.75) is 218 Å². The van der Waals surface area contributed by atoms with E-state index in [-0.39, 0.29) is 39.4 Å². The van der Waals surface area contributed by atoms with Gasteiger partial charge in [-0.2, -0.15) is 0 Å². The minimum atomic E-state index is -4.89. The van der Waals surface area contributed by atoms with Crippen molar-refractivity contribution in [3.8, 4) is 0 Å². The summed E-state index contributed by atoms with van der Waals surface area (Å²) in [6, 6.07) is 0. The number of carbonyl (C=O) groups excluding carboxylic acids is 1. The third-order valence-electron chi connectivity index (χ3n) is 19.5. The molecule has 5 aliphatic carbocycles. The van der Waals surface area contributed by atoms with Crippen LogP contribution in [0.25, 0.3) is 0 Å². The highest BCUT2D eigenvalue weighted by molar-refractivity contribution is 7.80. The second kappa shape index (κ2) is 18.7. The highest BCUT2D eigenvalue weighted by atomic mass is 32.3. The van der Waals surface area contributed by atoms with Gasteiger partial charge in [-0.05, 0) is 116 Å². The van der Waals surface area contributed by atoms with Crippen molar-refractivity contribution in [3.63, 3.8) is 0 Å². The smallest absolute Gasteiger partial charge is 0.315 e. The molecule has 0 aromatic carbocycles. The van der Waals surface area contributed by atoms with E-state index in [4.69, 9.17) is 32.6 Å². The first-order valence-corrected chi connectivity index (χ1v) is 26.1. The fraction of sp³-hybridized carbons (Fsp3) is 0.938. The van der Waals surface area contributed by atoms with Crippen LogP contribution in [0.5, 0.6) is 0 Å². The molecular formula is C48H77O20S-. The Hall–Kier alpha value is -1.48. The summed E-state index contributed by atoms with van der Waals surface area (Å²) in [5, 5.41) is 96.5. The van der Waals surface area contributed by atoms with Gasteiger partial charge in [0, 0.05) is 0 Å². The Morgan fingerprint density at radius 2 is 1.35 bits per heavy atom. The first kappa shape index (κ1) is 53.8. The third-order valence-corrected chi connectivity index (χ3v) is 19.9. The summed E-state index contributed by atoms with van der Waals surface area (Å²) in [7, 11) is -4.89. The number of fused-ring (bicyclic) bond motifs is 7. The minimum absolute atomic E-state index is 0.102. The van der Waals surface area contributed by atoms with E-state index in [1.54, 1.807) is 0 Å². The topological polar surface area (TPSA) is 321 Å². The van der Waals surface area contributed by atoms with Crippen LogP contribution in [0.15, 0.2) is 11.6 Å². The lowest BCUT2D eigenvalue weighted by molar-refractivity contribution is -0.361. The van der Waals surface area contributed by atoms with Gasteiger partial charge in [0.2, 0.25) is 16.7 Å². The lowest BCUT2D eigenvalue weighted by atomic mass is 9.33. The maximum atomic E-state index is 15.0. The summed E-state index contributed by atoms with van der Waals surface area (Å²) >= 11 is 0. The van der Waals surface area contributed by atoms with E-state index in [9.17, 15) is 63.7 Å². The third kappa shape index (κ3) is 8.99.